The Morgan fingerprint density at radius 1 is 1.35 bits per heavy atom. The Hall–Kier alpha value is -0.610. The van der Waals surface area contributed by atoms with Crippen molar-refractivity contribution in [2.24, 2.45) is 5.92 Å². The van der Waals surface area contributed by atoms with Crippen LogP contribution in [0.5, 0.6) is 0 Å². The summed E-state index contributed by atoms with van der Waals surface area (Å²) in [5.41, 5.74) is 0. The maximum absolute atomic E-state index is 11.7. The Kier molecular flexibility index (Phi) is 4.80. The van der Waals surface area contributed by atoms with E-state index in [4.69, 9.17) is 0 Å². The van der Waals surface area contributed by atoms with Gasteiger partial charge in [0.25, 0.3) is 0 Å². The van der Waals surface area contributed by atoms with E-state index in [1.807, 2.05) is 0 Å². The van der Waals surface area contributed by atoms with Gasteiger partial charge >= 0.3 is 0 Å². The van der Waals surface area contributed by atoms with E-state index in [-0.39, 0.29) is 5.91 Å². The van der Waals surface area contributed by atoms with Gasteiger partial charge in [0, 0.05) is 12.6 Å². The number of carbonyl (C=O) groups excluding carboxylic acids is 1. The molecule has 0 aromatic rings. The number of hydrogen-bond donors (Lipinski definition) is 2. The molecule has 0 aromatic carbocycles. The van der Waals surface area contributed by atoms with Crippen LogP contribution >= 0.6 is 0 Å². The number of nitrogens with one attached hydrogen (secondary N) is 2. The van der Waals surface area contributed by atoms with E-state index < -0.39 is 0 Å². The van der Waals surface area contributed by atoms with E-state index in [9.17, 15) is 4.79 Å². The van der Waals surface area contributed by atoms with Crippen molar-refractivity contribution in [2.45, 2.75) is 38.6 Å². The summed E-state index contributed by atoms with van der Waals surface area (Å²) in [4.78, 5) is 14.0. The number of hydrogen-bond acceptors (Lipinski definition) is 3. The largest absolute Gasteiger partial charge is 0.352 e. The number of amides is 1. The third-order valence-electron chi connectivity index (χ3n) is 3.60. The van der Waals surface area contributed by atoms with Crippen LogP contribution < -0.4 is 10.6 Å². The van der Waals surface area contributed by atoms with E-state index >= 15 is 0 Å². The second-order valence-electron chi connectivity index (χ2n) is 5.39. The van der Waals surface area contributed by atoms with Crippen molar-refractivity contribution in [1.82, 2.24) is 15.5 Å². The minimum Gasteiger partial charge on any atom is -0.352 e. The van der Waals surface area contributed by atoms with Crippen molar-refractivity contribution < 1.29 is 4.79 Å². The van der Waals surface area contributed by atoms with Gasteiger partial charge in [0.2, 0.25) is 5.91 Å². The van der Waals surface area contributed by atoms with Crippen LogP contribution in [0.2, 0.25) is 0 Å². The van der Waals surface area contributed by atoms with Crippen LogP contribution in [0.25, 0.3) is 0 Å². The lowest BCUT2D eigenvalue weighted by molar-refractivity contribution is -0.122. The first-order valence-corrected chi connectivity index (χ1v) is 7.00. The highest BCUT2D eigenvalue weighted by atomic mass is 16.2. The molecule has 0 radical (unpaired) electrons. The molecule has 0 bridgehead atoms. The molecule has 4 heteroatoms. The normalized spacial score (nSPS) is 25.8. The summed E-state index contributed by atoms with van der Waals surface area (Å²) in [6, 6.07) is 0.491. The highest BCUT2D eigenvalue weighted by Gasteiger charge is 2.25. The van der Waals surface area contributed by atoms with E-state index in [2.05, 4.69) is 22.5 Å². The Morgan fingerprint density at radius 2 is 2.18 bits per heavy atom. The second-order valence-corrected chi connectivity index (χ2v) is 5.39. The summed E-state index contributed by atoms with van der Waals surface area (Å²) >= 11 is 0. The molecule has 1 atom stereocenters. The van der Waals surface area contributed by atoms with Crippen molar-refractivity contribution in [3.63, 3.8) is 0 Å². The fourth-order valence-corrected chi connectivity index (χ4v) is 2.51. The first-order valence-electron chi connectivity index (χ1n) is 7.00. The van der Waals surface area contributed by atoms with E-state index in [0.717, 1.165) is 32.1 Å². The summed E-state index contributed by atoms with van der Waals surface area (Å²) in [6.45, 7) is 7.03. The Bertz CT molecular complexity index is 253. The van der Waals surface area contributed by atoms with Gasteiger partial charge in [-0.2, -0.15) is 0 Å². The van der Waals surface area contributed by atoms with Gasteiger partial charge in [-0.3, -0.25) is 9.69 Å². The van der Waals surface area contributed by atoms with Crippen LogP contribution in [0, 0.1) is 5.92 Å². The third-order valence-corrected chi connectivity index (χ3v) is 3.60. The molecule has 17 heavy (non-hydrogen) atoms. The van der Waals surface area contributed by atoms with Crippen molar-refractivity contribution >= 4 is 5.91 Å². The molecule has 1 saturated carbocycles. The summed E-state index contributed by atoms with van der Waals surface area (Å²) in [5, 5.41) is 6.47. The lowest BCUT2D eigenvalue weighted by Crippen LogP contribution is -2.44. The maximum Gasteiger partial charge on any atom is 0.234 e. The number of carbonyl (C=O) groups is 1. The molecule has 1 heterocycles. The zero-order valence-electron chi connectivity index (χ0n) is 10.9. The van der Waals surface area contributed by atoms with Crippen molar-refractivity contribution in [2.75, 3.05) is 32.7 Å². The van der Waals surface area contributed by atoms with Gasteiger partial charge in [0.05, 0.1) is 6.54 Å². The van der Waals surface area contributed by atoms with Crippen molar-refractivity contribution in [3.05, 3.63) is 0 Å². The van der Waals surface area contributed by atoms with Gasteiger partial charge in [0.1, 0.15) is 0 Å². The first-order chi connectivity index (χ1) is 8.28. The molecular weight excluding hydrogens is 214 g/mol. The number of nitrogens with zero attached hydrogens (tertiary/aromatic N) is 1. The lowest BCUT2D eigenvalue weighted by Gasteiger charge is -2.32. The van der Waals surface area contributed by atoms with Gasteiger partial charge in [0.15, 0.2) is 0 Å². The quantitative estimate of drug-likeness (QED) is 0.713. The monoisotopic (exact) mass is 239 g/mol. The smallest absolute Gasteiger partial charge is 0.234 e. The summed E-state index contributed by atoms with van der Waals surface area (Å²) in [6.07, 6.45) is 4.88. The standard InChI is InChI=1S/C13H25N3O/c1-2-14-8-11-4-3-7-16(9-11)10-13(17)15-12-5-6-12/h11-12,14H,2-10H2,1H3,(H,15,17). The van der Waals surface area contributed by atoms with Crippen molar-refractivity contribution in [1.29, 1.82) is 0 Å². The fraction of sp³-hybridized carbons (Fsp3) is 0.923. The van der Waals surface area contributed by atoms with Gasteiger partial charge in [-0.05, 0) is 51.2 Å². The molecule has 1 aliphatic carbocycles. The molecule has 1 unspecified atom stereocenters. The van der Waals surface area contributed by atoms with Gasteiger partial charge in [-0.1, -0.05) is 6.92 Å². The zero-order valence-corrected chi connectivity index (χ0v) is 10.9. The molecule has 2 rings (SSSR count). The number of likely N-dealkylation sites (tertiary alicyclic amines) is 1. The van der Waals surface area contributed by atoms with Gasteiger partial charge in [-0.15, -0.1) is 0 Å². The van der Waals surface area contributed by atoms with Crippen LogP contribution in [0.3, 0.4) is 0 Å². The Morgan fingerprint density at radius 3 is 2.88 bits per heavy atom. The molecule has 1 saturated heterocycles. The average Bonchev–Trinajstić information content (AvgIpc) is 3.10. The summed E-state index contributed by atoms with van der Waals surface area (Å²) in [7, 11) is 0. The molecular formula is C13H25N3O. The fourth-order valence-electron chi connectivity index (χ4n) is 2.51. The molecule has 1 aliphatic heterocycles. The Balaban J connectivity index is 1.66. The molecule has 0 aromatic heterocycles. The number of rotatable bonds is 6. The molecule has 2 fully saturated rings. The predicted octanol–water partition coefficient (Wildman–Crippen LogP) is 0.587. The molecule has 2 aliphatic rings. The molecule has 98 valence electrons. The molecule has 1 amide bonds. The minimum absolute atomic E-state index is 0.219. The predicted molar refractivity (Wildman–Crippen MR) is 68.9 cm³/mol. The van der Waals surface area contributed by atoms with E-state index in [1.54, 1.807) is 0 Å². The second kappa shape index (κ2) is 6.36. The highest BCUT2D eigenvalue weighted by Crippen LogP contribution is 2.19. The van der Waals surface area contributed by atoms with Crippen LogP contribution in [-0.2, 0) is 4.79 Å². The maximum atomic E-state index is 11.7. The van der Waals surface area contributed by atoms with E-state index in [1.165, 1.54) is 25.7 Å². The Labute approximate surface area is 104 Å². The van der Waals surface area contributed by atoms with Crippen LogP contribution in [0.15, 0.2) is 0 Å². The third kappa shape index (κ3) is 4.64. The molecule has 4 nitrogen and oxygen atoms in total. The average molecular weight is 239 g/mol. The van der Waals surface area contributed by atoms with E-state index in [0.29, 0.717) is 12.6 Å². The van der Waals surface area contributed by atoms with Crippen molar-refractivity contribution in [3.8, 4) is 0 Å². The van der Waals surface area contributed by atoms with Crippen LogP contribution in [0.1, 0.15) is 32.6 Å². The SMILES string of the molecule is CCNCC1CCCN(CC(=O)NC2CC2)C1. The zero-order chi connectivity index (χ0) is 12.1. The van der Waals surface area contributed by atoms with Crippen LogP contribution in [0.4, 0.5) is 0 Å². The first kappa shape index (κ1) is 12.8. The lowest BCUT2D eigenvalue weighted by atomic mass is 9.98. The highest BCUT2D eigenvalue weighted by molar-refractivity contribution is 5.78. The topological polar surface area (TPSA) is 44.4 Å². The molecule has 0 spiro atoms. The van der Waals surface area contributed by atoms with Gasteiger partial charge < -0.3 is 10.6 Å². The van der Waals surface area contributed by atoms with Crippen LogP contribution in [-0.4, -0.2) is 49.6 Å². The number of piperidine rings is 1. The summed E-state index contributed by atoms with van der Waals surface area (Å²) < 4.78 is 0. The van der Waals surface area contributed by atoms with Gasteiger partial charge in [-0.25, -0.2) is 0 Å². The molecule has 2 N–H and O–H groups in total. The summed E-state index contributed by atoms with van der Waals surface area (Å²) in [5.74, 6) is 0.939. The minimum atomic E-state index is 0.219.